The predicted molar refractivity (Wildman–Crippen MR) is 59.7 cm³/mol. The molecule has 0 radical (unpaired) electrons. The molecular weight excluding hydrogens is 192 g/mol. The quantitative estimate of drug-likeness (QED) is 0.694. The van der Waals surface area contributed by atoms with E-state index in [9.17, 15) is 9.90 Å². The molecule has 0 aromatic heterocycles. The molecule has 0 aromatic rings. The van der Waals surface area contributed by atoms with E-state index >= 15 is 0 Å². The number of unbranched alkanes of at least 4 members (excludes halogenated alkanes) is 1. The maximum Gasteiger partial charge on any atom is 0.317 e. The molecule has 4 nitrogen and oxygen atoms in total. The summed E-state index contributed by atoms with van der Waals surface area (Å²) in [5.74, 6) is 0.190. The molecule has 1 aliphatic heterocycles. The van der Waals surface area contributed by atoms with Gasteiger partial charge in [-0.25, -0.2) is 4.79 Å². The minimum atomic E-state index is -0.246. The lowest BCUT2D eigenvalue weighted by Crippen LogP contribution is -2.49. The zero-order chi connectivity index (χ0) is 11.3. The molecule has 0 saturated carbocycles. The van der Waals surface area contributed by atoms with Crippen LogP contribution < -0.4 is 5.32 Å². The SMILES string of the molecule is CCCCNC(=O)N1CCC(O)C(C)C1. The van der Waals surface area contributed by atoms with Crippen LogP contribution in [-0.2, 0) is 0 Å². The molecule has 0 aromatic carbocycles. The summed E-state index contributed by atoms with van der Waals surface area (Å²) in [7, 11) is 0. The van der Waals surface area contributed by atoms with E-state index in [1.807, 2.05) is 6.92 Å². The van der Waals surface area contributed by atoms with Gasteiger partial charge in [0.2, 0.25) is 0 Å². The van der Waals surface area contributed by atoms with Crippen molar-refractivity contribution >= 4 is 6.03 Å². The number of rotatable bonds is 3. The summed E-state index contributed by atoms with van der Waals surface area (Å²) < 4.78 is 0. The zero-order valence-electron chi connectivity index (χ0n) is 9.70. The van der Waals surface area contributed by atoms with Crippen molar-refractivity contribution in [3.05, 3.63) is 0 Å². The van der Waals surface area contributed by atoms with Crippen LogP contribution in [0.5, 0.6) is 0 Å². The first-order valence-electron chi connectivity index (χ1n) is 5.86. The van der Waals surface area contributed by atoms with Crippen LogP contribution in [0.15, 0.2) is 0 Å². The highest BCUT2D eigenvalue weighted by molar-refractivity contribution is 5.74. The molecule has 0 spiro atoms. The molecule has 2 unspecified atom stereocenters. The summed E-state index contributed by atoms with van der Waals surface area (Å²) >= 11 is 0. The lowest BCUT2D eigenvalue weighted by molar-refractivity contribution is 0.0481. The van der Waals surface area contributed by atoms with Crippen LogP contribution in [0.4, 0.5) is 4.79 Å². The number of hydrogen-bond donors (Lipinski definition) is 2. The van der Waals surface area contributed by atoms with Crippen molar-refractivity contribution < 1.29 is 9.90 Å². The third-order valence-electron chi connectivity index (χ3n) is 2.95. The normalized spacial score (nSPS) is 26.5. The van der Waals surface area contributed by atoms with Gasteiger partial charge in [0, 0.05) is 19.6 Å². The summed E-state index contributed by atoms with van der Waals surface area (Å²) in [4.78, 5) is 13.5. The highest BCUT2D eigenvalue weighted by Gasteiger charge is 2.26. The molecule has 0 aliphatic carbocycles. The number of carbonyl (C=O) groups is 1. The first-order valence-corrected chi connectivity index (χ1v) is 5.86. The molecule has 0 bridgehead atoms. The number of carbonyl (C=O) groups excluding carboxylic acids is 1. The number of nitrogens with one attached hydrogen (secondary N) is 1. The number of aliphatic hydroxyl groups is 1. The van der Waals surface area contributed by atoms with E-state index < -0.39 is 0 Å². The van der Waals surface area contributed by atoms with Gasteiger partial charge in [-0.15, -0.1) is 0 Å². The molecule has 1 saturated heterocycles. The number of piperidine rings is 1. The number of likely N-dealkylation sites (tertiary alicyclic amines) is 1. The third-order valence-corrected chi connectivity index (χ3v) is 2.95. The number of aliphatic hydroxyl groups excluding tert-OH is 1. The lowest BCUT2D eigenvalue weighted by Gasteiger charge is -2.34. The van der Waals surface area contributed by atoms with Gasteiger partial charge in [0.25, 0.3) is 0 Å². The zero-order valence-corrected chi connectivity index (χ0v) is 9.70. The summed E-state index contributed by atoms with van der Waals surface area (Å²) in [6.07, 6.45) is 2.57. The van der Waals surface area contributed by atoms with Crippen LogP contribution in [-0.4, -0.2) is 41.8 Å². The average molecular weight is 214 g/mol. The Kier molecular flexibility index (Phi) is 4.88. The smallest absolute Gasteiger partial charge is 0.317 e. The Balaban J connectivity index is 2.28. The van der Waals surface area contributed by atoms with E-state index in [1.54, 1.807) is 4.90 Å². The van der Waals surface area contributed by atoms with Crippen LogP contribution in [0.25, 0.3) is 0 Å². The molecule has 1 heterocycles. The van der Waals surface area contributed by atoms with Crippen molar-refractivity contribution in [3.8, 4) is 0 Å². The van der Waals surface area contributed by atoms with Gasteiger partial charge in [-0.1, -0.05) is 20.3 Å². The second kappa shape index (κ2) is 5.95. The fourth-order valence-electron chi connectivity index (χ4n) is 1.80. The van der Waals surface area contributed by atoms with E-state index in [2.05, 4.69) is 12.2 Å². The molecule has 1 fully saturated rings. The van der Waals surface area contributed by atoms with Crippen molar-refractivity contribution in [1.29, 1.82) is 0 Å². The van der Waals surface area contributed by atoms with Crippen molar-refractivity contribution in [2.45, 2.75) is 39.2 Å². The van der Waals surface area contributed by atoms with Gasteiger partial charge >= 0.3 is 6.03 Å². The lowest BCUT2D eigenvalue weighted by atomic mass is 9.97. The maximum absolute atomic E-state index is 11.7. The van der Waals surface area contributed by atoms with E-state index in [4.69, 9.17) is 0 Å². The summed E-state index contributed by atoms with van der Waals surface area (Å²) in [5, 5.41) is 12.4. The van der Waals surface area contributed by atoms with Crippen molar-refractivity contribution in [1.82, 2.24) is 10.2 Å². The summed E-state index contributed by atoms with van der Waals surface area (Å²) in [5.41, 5.74) is 0. The van der Waals surface area contributed by atoms with Crippen LogP contribution in [0.1, 0.15) is 33.1 Å². The summed E-state index contributed by atoms with van der Waals surface area (Å²) in [6.45, 7) is 6.17. The number of amides is 2. The minimum Gasteiger partial charge on any atom is -0.393 e. The van der Waals surface area contributed by atoms with Gasteiger partial charge in [-0.3, -0.25) is 0 Å². The topological polar surface area (TPSA) is 52.6 Å². The Morgan fingerprint density at radius 2 is 2.33 bits per heavy atom. The van der Waals surface area contributed by atoms with Gasteiger partial charge in [-0.05, 0) is 18.8 Å². The van der Waals surface area contributed by atoms with E-state index in [1.165, 1.54) is 0 Å². The van der Waals surface area contributed by atoms with Crippen molar-refractivity contribution in [3.63, 3.8) is 0 Å². The van der Waals surface area contributed by atoms with E-state index in [0.29, 0.717) is 19.5 Å². The monoisotopic (exact) mass is 214 g/mol. The highest BCUT2D eigenvalue weighted by Crippen LogP contribution is 2.16. The Hall–Kier alpha value is -0.770. The first kappa shape index (κ1) is 12.3. The number of hydrogen-bond acceptors (Lipinski definition) is 2. The fourth-order valence-corrected chi connectivity index (χ4v) is 1.80. The number of nitrogens with zero attached hydrogens (tertiary/aromatic N) is 1. The minimum absolute atomic E-state index is 0.0159. The number of urea groups is 1. The molecule has 1 aliphatic rings. The average Bonchev–Trinajstić information content (AvgIpc) is 2.22. The van der Waals surface area contributed by atoms with Crippen molar-refractivity contribution in [2.24, 2.45) is 5.92 Å². The molecule has 1 rings (SSSR count). The van der Waals surface area contributed by atoms with Crippen LogP contribution in [0, 0.1) is 5.92 Å². The van der Waals surface area contributed by atoms with E-state index in [-0.39, 0.29) is 18.1 Å². The van der Waals surface area contributed by atoms with Gasteiger partial charge < -0.3 is 15.3 Å². The molecular formula is C11H22N2O2. The van der Waals surface area contributed by atoms with Crippen LogP contribution in [0.3, 0.4) is 0 Å². The highest BCUT2D eigenvalue weighted by atomic mass is 16.3. The Labute approximate surface area is 91.6 Å². The molecule has 2 amide bonds. The molecule has 2 atom stereocenters. The fraction of sp³-hybridized carbons (Fsp3) is 0.909. The Morgan fingerprint density at radius 1 is 1.60 bits per heavy atom. The van der Waals surface area contributed by atoms with Crippen LogP contribution >= 0.6 is 0 Å². The largest absolute Gasteiger partial charge is 0.393 e. The van der Waals surface area contributed by atoms with Crippen LogP contribution in [0.2, 0.25) is 0 Å². The van der Waals surface area contributed by atoms with Gasteiger partial charge in [0.15, 0.2) is 0 Å². The predicted octanol–water partition coefficient (Wildman–Crippen LogP) is 1.20. The second-order valence-corrected chi connectivity index (χ2v) is 4.36. The molecule has 2 N–H and O–H groups in total. The first-order chi connectivity index (χ1) is 7.15. The Morgan fingerprint density at radius 3 is 2.93 bits per heavy atom. The van der Waals surface area contributed by atoms with Crippen molar-refractivity contribution in [2.75, 3.05) is 19.6 Å². The van der Waals surface area contributed by atoms with E-state index in [0.717, 1.165) is 19.4 Å². The maximum atomic E-state index is 11.7. The summed E-state index contributed by atoms with van der Waals surface area (Å²) in [6, 6.07) is 0.0159. The van der Waals surface area contributed by atoms with Gasteiger partial charge in [0.05, 0.1) is 6.10 Å². The Bertz CT molecular complexity index is 209. The molecule has 15 heavy (non-hydrogen) atoms. The molecule has 4 heteroatoms. The third kappa shape index (κ3) is 3.70. The van der Waals surface area contributed by atoms with Gasteiger partial charge in [-0.2, -0.15) is 0 Å². The standard InChI is InChI=1S/C11H22N2O2/c1-3-4-6-12-11(15)13-7-5-10(14)9(2)8-13/h9-10,14H,3-8H2,1-2H3,(H,12,15). The molecule has 88 valence electrons. The van der Waals surface area contributed by atoms with Gasteiger partial charge in [0.1, 0.15) is 0 Å². The second-order valence-electron chi connectivity index (χ2n) is 4.36.